The first kappa shape index (κ1) is 17.3. The molecule has 0 spiro atoms. The van der Waals surface area contributed by atoms with Crippen molar-refractivity contribution in [1.29, 1.82) is 0 Å². The number of hydrogen-bond donors (Lipinski definition) is 1. The van der Waals surface area contributed by atoms with Crippen molar-refractivity contribution in [1.82, 2.24) is 14.9 Å². The van der Waals surface area contributed by atoms with Crippen LogP contribution in [0.2, 0.25) is 0 Å². The first-order chi connectivity index (χ1) is 12.7. The number of rotatable bonds is 4. The molecule has 0 atom stereocenters. The number of H-pyrrole nitrogens is 1. The second kappa shape index (κ2) is 7.63. The Balaban J connectivity index is 1.46. The van der Waals surface area contributed by atoms with Gasteiger partial charge < -0.3 is 19.2 Å². The summed E-state index contributed by atoms with van der Waals surface area (Å²) in [7, 11) is 1.61. The summed E-state index contributed by atoms with van der Waals surface area (Å²) < 4.78 is 17.1. The van der Waals surface area contributed by atoms with Gasteiger partial charge in [-0.25, -0.2) is 4.98 Å². The van der Waals surface area contributed by atoms with Gasteiger partial charge in [0.2, 0.25) is 0 Å². The summed E-state index contributed by atoms with van der Waals surface area (Å²) in [4.78, 5) is 21.4. The normalized spacial score (nSPS) is 24.5. The van der Waals surface area contributed by atoms with Gasteiger partial charge in [-0.15, -0.1) is 0 Å². The van der Waals surface area contributed by atoms with Crippen LogP contribution >= 0.6 is 0 Å². The molecule has 1 N–H and O–H groups in total. The van der Waals surface area contributed by atoms with Crippen LogP contribution in [0, 0.1) is 0 Å². The van der Waals surface area contributed by atoms with Crippen LogP contribution in [0.25, 0.3) is 10.9 Å². The molecule has 2 aromatic rings. The third-order valence-corrected chi connectivity index (χ3v) is 5.43. The van der Waals surface area contributed by atoms with E-state index in [1.165, 1.54) is 6.33 Å². The van der Waals surface area contributed by atoms with Gasteiger partial charge in [0.1, 0.15) is 0 Å². The number of nitrogens with zero attached hydrogens (tertiary/aromatic N) is 2. The zero-order valence-corrected chi connectivity index (χ0v) is 15.1. The highest BCUT2D eigenvalue weighted by Gasteiger charge is 2.28. The molecule has 7 heteroatoms. The van der Waals surface area contributed by atoms with E-state index < -0.39 is 0 Å². The Morgan fingerprint density at radius 2 is 1.92 bits per heavy atom. The minimum absolute atomic E-state index is 0.148. The van der Waals surface area contributed by atoms with Crippen LogP contribution in [0.5, 0.6) is 11.5 Å². The lowest BCUT2D eigenvalue weighted by Crippen LogP contribution is -2.46. The number of benzene rings is 1. The second-order valence-corrected chi connectivity index (χ2v) is 6.95. The van der Waals surface area contributed by atoms with Gasteiger partial charge >= 0.3 is 0 Å². The van der Waals surface area contributed by atoms with Crippen molar-refractivity contribution in [2.75, 3.05) is 33.4 Å². The van der Waals surface area contributed by atoms with Crippen molar-refractivity contribution in [3.05, 3.63) is 28.8 Å². The van der Waals surface area contributed by atoms with Crippen LogP contribution in [0.4, 0.5) is 0 Å². The molecule has 1 saturated heterocycles. The minimum atomic E-state index is -0.168. The van der Waals surface area contributed by atoms with Gasteiger partial charge in [-0.05, 0) is 31.7 Å². The Kier molecular flexibility index (Phi) is 5.08. The second-order valence-electron chi connectivity index (χ2n) is 6.95. The van der Waals surface area contributed by atoms with Crippen molar-refractivity contribution < 1.29 is 14.2 Å². The molecule has 1 aliphatic heterocycles. The number of methoxy groups -OCH3 is 1. The monoisotopic (exact) mass is 359 g/mol. The summed E-state index contributed by atoms with van der Waals surface area (Å²) in [5.41, 5.74) is 0.438. The van der Waals surface area contributed by atoms with E-state index in [4.69, 9.17) is 14.2 Å². The number of fused-ring (bicyclic) bond motifs is 1. The molecule has 1 saturated carbocycles. The number of ether oxygens (including phenoxy) is 3. The number of morpholine rings is 1. The van der Waals surface area contributed by atoms with Crippen molar-refractivity contribution in [2.24, 2.45) is 0 Å². The highest BCUT2D eigenvalue weighted by molar-refractivity contribution is 5.81. The maximum Gasteiger partial charge on any atom is 0.258 e. The van der Waals surface area contributed by atoms with Crippen LogP contribution in [0.15, 0.2) is 23.3 Å². The third kappa shape index (κ3) is 3.54. The minimum Gasteiger partial charge on any atom is -0.493 e. The summed E-state index contributed by atoms with van der Waals surface area (Å²) in [5.74, 6) is 1.24. The molecule has 1 aliphatic carbocycles. The highest BCUT2D eigenvalue weighted by Crippen LogP contribution is 2.34. The van der Waals surface area contributed by atoms with Gasteiger partial charge in [-0.3, -0.25) is 9.69 Å². The fraction of sp³-hybridized carbons (Fsp3) is 0.579. The first-order valence-electron chi connectivity index (χ1n) is 9.28. The lowest BCUT2D eigenvalue weighted by molar-refractivity contribution is -0.00120. The maximum atomic E-state index is 12.0. The quantitative estimate of drug-likeness (QED) is 0.899. The Labute approximate surface area is 152 Å². The molecule has 0 amide bonds. The average molecular weight is 359 g/mol. The van der Waals surface area contributed by atoms with Crippen LogP contribution < -0.4 is 15.0 Å². The van der Waals surface area contributed by atoms with Crippen molar-refractivity contribution in [3.63, 3.8) is 0 Å². The molecule has 26 heavy (non-hydrogen) atoms. The summed E-state index contributed by atoms with van der Waals surface area (Å²) in [6.07, 6.45) is 5.82. The van der Waals surface area contributed by atoms with Gasteiger partial charge in [0, 0.05) is 25.2 Å². The molecule has 0 bridgehead atoms. The average Bonchev–Trinajstić information content (AvgIpc) is 2.69. The predicted molar refractivity (Wildman–Crippen MR) is 98.0 cm³/mol. The Morgan fingerprint density at radius 1 is 1.15 bits per heavy atom. The molecule has 2 heterocycles. The highest BCUT2D eigenvalue weighted by atomic mass is 16.5. The Bertz CT molecular complexity index is 808. The van der Waals surface area contributed by atoms with E-state index in [0.29, 0.717) is 28.4 Å². The van der Waals surface area contributed by atoms with Crippen molar-refractivity contribution in [3.8, 4) is 11.5 Å². The molecule has 2 fully saturated rings. The summed E-state index contributed by atoms with van der Waals surface area (Å²) >= 11 is 0. The number of hydrogen-bond acceptors (Lipinski definition) is 6. The molecule has 2 aliphatic rings. The third-order valence-electron chi connectivity index (χ3n) is 5.43. The smallest absolute Gasteiger partial charge is 0.258 e. The summed E-state index contributed by atoms with van der Waals surface area (Å²) in [6, 6.07) is 4.14. The first-order valence-corrected chi connectivity index (χ1v) is 9.28. The Morgan fingerprint density at radius 3 is 2.65 bits per heavy atom. The fourth-order valence-corrected chi connectivity index (χ4v) is 3.98. The van der Waals surface area contributed by atoms with Crippen molar-refractivity contribution >= 4 is 10.9 Å². The van der Waals surface area contributed by atoms with E-state index in [1.807, 2.05) is 0 Å². The van der Waals surface area contributed by atoms with E-state index in [9.17, 15) is 4.79 Å². The topological polar surface area (TPSA) is 76.7 Å². The molecule has 4 rings (SSSR count). The van der Waals surface area contributed by atoms with E-state index in [0.717, 1.165) is 52.0 Å². The molecule has 1 aromatic carbocycles. The van der Waals surface area contributed by atoms with Crippen LogP contribution in [0.3, 0.4) is 0 Å². The Hall–Kier alpha value is -2.12. The molecule has 1 aromatic heterocycles. The lowest BCUT2D eigenvalue weighted by atomic mass is 9.91. The molecule has 140 valence electrons. The molecule has 0 unspecified atom stereocenters. The number of aromatic nitrogens is 2. The van der Waals surface area contributed by atoms with Crippen LogP contribution in [-0.2, 0) is 4.74 Å². The van der Waals surface area contributed by atoms with Gasteiger partial charge in [0.15, 0.2) is 11.5 Å². The molecular weight excluding hydrogens is 334 g/mol. The van der Waals surface area contributed by atoms with Gasteiger partial charge in [-0.1, -0.05) is 0 Å². The zero-order chi connectivity index (χ0) is 17.9. The number of nitrogens with one attached hydrogen (secondary N) is 1. The van der Waals surface area contributed by atoms with E-state index in [1.54, 1.807) is 19.2 Å². The molecular formula is C19H25N3O4. The van der Waals surface area contributed by atoms with E-state index in [-0.39, 0.29) is 11.7 Å². The SMILES string of the molecule is COc1cc2nc[nH]c(=O)c2cc1OC1CCC(N2CCOCC2)CC1. The van der Waals surface area contributed by atoms with E-state index in [2.05, 4.69) is 14.9 Å². The number of aromatic amines is 1. The summed E-state index contributed by atoms with van der Waals surface area (Å²) in [6.45, 7) is 3.75. The van der Waals surface area contributed by atoms with Crippen molar-refractivity contribution in [2.45, 2.75) is 37.8 Å². The summed E-state index contributed by atoms with van der Waals surface area (Å²) in [5, 5.41) is 0.519. The van der Waals surface area contributed by atoms with Gasteiger partial charge in [0.05, 0.1) is 43.7 Å². The predicted octanol–water partition coefficient (Wildman–Crippen LogP) is 1.95. The fourth-order valence-electron chi connectivity index (χ4n) is 3.98. The lowest BCUT2D eigenvalue weighted by Gasteiger charge is -2.38. The molecule has 7 nitrogen and oxygen atoms in total. The van der Waals surface area contributed by atoms with E-state index >= 15 is 0 Å². The van der Waals surface area contributed by atoms with Crippen LogP contribution in [-0.4, -0.2) is 60.4 Å². The molecule has 0 radical (unpaired) electrons. The largest absolute Gasteiger partial charge is 0.493 e. The maximum absolute atomic E-state index is 12.0. The van der Waals surface area contributed by atoms with Gasteiger partial charge in [0.25, 0.3) is 5.56 Å². The standard InChI is InChI=1S/C19H25N3O4/c1-24-17-11-16-15(19(23)21-12-20-16)10-18(17)26-14-4-2-13(3-5-14)22-6-8-25-9-7-22/h10-14H,2-9H2,1H3,(H,20,21,23). The van der Waals surface area contributed by atoms with Gasteiger partial charge in [-0.2, -0.15) is 0 Å². The zero-order valence-electron chi connectivity index (χ0n) is 15.1. The van der Waals surface area contributed by atoms with Crippen LogP contribution in [0.1, 0.15) is 25.7 Å².